The van der Waals surface area contributed by atoms with E-state index in [1.54, 1.807) is 12.1 Å². The molecule has 3 rings (SSSR count). The molecule has 0 atom stereocenters. The van der Waals surface area contributed by atoms with Crippen LogP contribution >= 0.6 is 11.3 Å². The van der Waals surface area contributed by atoms with Gasteiger partial charge in [0.05, 0.1) is 5.69 Å². The number of thiazole rings is 1. The zero-order valence-electron chi connectivity index (χ0n) is 13.7. The largest absolute Gasteiger partial charge is 0.356 e. The lowest BCUT2D eigenvalue weighted by molar-refractivity contribution is -0.121. The molecule has 0 radical (unpaired) electrons. The molecule has 25 heavy (non-hydrogen) atoms. The molecule has 0 aliphatic rings. The van der Waals surface area contributed by atoms with Crippen LogP contribution in [0.15, 0.2) is 60.0 Å². The number of benzene rings is 2. The van der Waals surface area contributed by atoms with Crippen LogP contribution in [-0.4, -0.2) is 17.4 Å². The lowest BCUT2D eigenvalue weighted by atomic mass is 10.1. The highest BCUT2D eigenvalue weighted by Crippen LogP contribution is 2.23. The fourth-order valence-electron chi connectivity index (χ4n) is 2.47. The van der Waals surface area contributed by atoms with Gasteiger partial charge in [0.15, 0.2) is 0 Å². The molecule has 0 saturated carbocycles. The molecule has 5 heteroatoms. The van der Waals surface area contributed by atoms with Gasteiger partial charge in [0.2, 0.25) is 5.91 Å². The standard InChI is InChI=1S/C20H19FN2OS/c21-17-9-7-16(8-10-17)20-23-18(14-25-20)12-13-22-19(24)11-6-15-4-2-1-3-5-15/h1-5,7-10,14H,6,11-13H2,(H,22,24). The number of amides is 1. The van der Waals surface area contributed by atoms with Crippen molar-refractivity contribution in [2.75, 3.05) is 6.54 Å². The third-order valence-electron chi connectivity index (χ3n) is 3.83. The summed E-state index contributed by atoms with van der Waals surface area (Å²) in [5, 5.41) is 5.78. The van der Waals surface area contributed by atoms with Gasteiger partial charge in [0.1, 0.15) is 10.8 Å². The number of hydrogen-bond acceptors (Lipinski definition) is 3. The highest BCUT2D eigenvalue weighted by Gasteiger charge is 2.06. The monoisotopic (exact) mass is 354 g/mol. The van der Waals surface area contributed by atoms with E-state index in [2.05, 4.69) is 10.3 Å². The SMILES string of the molecule is O=C(CCc1ccccc1)NCCc1csc(-c2ccc(F)cc2)n1. The van der Waals surface area contributed by atoms with Gasteiger partial charge in [-0.3, -0.25) is 4.79 Å². The number of nitrogens with zero attached hydrogens (tertiary/aromatic N) is 1. The Labute approximate surface area is 150 Å². The summed E-state index contributed by atoms with van der Waals surface area (Å²) >= 11 is 1.53. The number of aromatic nitrogens is 1. The van der Waals surface area contributed by atoms with Crippen molar-refractivity contribution in [2.24, 2.45) is 0 Å². The van der Waals surface area contributed by atoms with Crippen LogP contribution in [-0.2, 0) is 17.6 Å². The Hall–Kier alpha value is -2.53. The predicted octanol–water partition coefficient (Wildman–Crippen LogP) is 4.24. The van der Waals surface area contributed by atoms with Crippen LogP contribution in [0.1, 0.15) is 17.7 Å². The van der Waals surface area contributed by atoms with E-state index in [0.717, 1.165) is 22.7 Å². The number of halogens is 1. The quantitative estimate of drug-likeness (QED) is 0.689. The van der Waals surface area contributed by atoms with Crippen molar-refractivity contribution in [3.8, 4) is 10.6 Å². The van der Waals surface area contributed by atoms with Crippen LogP contribution in [0, 0.1) is 5.82 Å². The Morgan fingerprint density at radius 2 is 1.80 bits per heavy atom. The third-order valence-corrected chi connectivity index (χ3v) is 4.77. The lowest BCUT2D eigenvalue weighted by Crippen LogP contribution is -2.25. The summed E-state index contributed by atoms with van der Waals surface area (Å²) < 4.78 is 13.0. The van der Waals surface area contributed by atoms with Gasteiger partial charge < -0.3 is 5.32 Å². The average molecular weight is 354 g/mol. The van der Waals surface area contributed by atoms with Gasteiger partial charge in [-0.2, -0.15) is 0 Å². The topological polar surface area (TPSA) is 42.0 Å². The summed E-state index contributed by atoms with van der Waals surface area (Å²) in [6, 6.07) is 16.3. The normalized spacial score (nSPS) is 10.6. The van der Waals surface area contributed by atoms with Crippen molar-refractivity contribution >= 4 is 17.2 Å². The summed E-state index contributed by atoms with van der Waals surface area (Å²) in [6.07, 6.45) is 1.93. The van der Waals surface area contributed by atoms with Gasteiger partial charge in [0, 0.05) is 30.3 Å². The van der Waals surface area contributed by atoms with Gasteiger partial charge in [-0.25, -0.2) is 9.37 Å². The van der Waals surface area contributed by atoms with Crippen molar-refractivity contribution in [1.29, 1.82) is 0 Å². The summed E-state index contributed by atoms with van der Waals surface area (Å²) in [6.45, 7) is 0.570. The van der Waals surface area contributed by atoms with E-state index in [4.69, 9.17) is 0 Å². The minimum atomic E-state index is -0.251. The molecule has 3 nitrogen and oxygen atoms in total. The highest BCUT2D eigenvalue weighted by atomic mass is 32.1. The Morgan fingerprint density at radius 3 is 2.56 bits per heavy atom. The van der Waals surface area contributed by atoms with E-state index >= 15 is 0 Å². The van der Waals surface area contributed by atoms with Crippen molar-refractivity contribution in [2.45, 2.75) is 19.3 Å². The fraction of sp³-hybridized carbons (Fsp3) is 0.200. The molecular formula is C20H19FN2OS. The molecule has 128 valence electrons. The van der Waals surface area contributed by atoms with Crippen molar-refractivity contribution < 1.29 is 9.18 Å². The van der Waals surface area contributed by atoms with Gasteiger partial charge in [0.25, 0.3) is 0 Å². The van der Waals surface area contributed by atoms with Crippen LogP contribution in [0.4, 0.5) is 4.39 Å². The summed E-state index contributed by atoms with van der Waals surface area (Å²) in [5.41, 5.74) is 3.01. The van der Waals surface area contributed by atoms with Gasteiger partial charge >= 0.3 is 0 Å². The molecule has 3 aromatic rings. The maximum atomic E-state index is 13.0. The molecule has 0 aliphatic carbocycles. The second-order valence-corrected chi connectivity index (χ2v) is 6.59. The first kappa shape index (κ1) is 17.3. The summed E-state index contributed by atoms with van der Waals surface area (Å²) in [4.78, 5) is 16.4. The number of carbonyl (C=O) groups is 1. The first-order chi connectivity index (χ1) is 12.2. The Bertz CT molecular complexity index is 815. The van der Waals surface area contributed by atoms with Crippen LogP contribution in [0.3, 0.4) is 0 Å². The molecule has 2 aromatic carbocycles. The van der Waals surface area contributed by atoms with E-state index in [0.29, 0.717) is 19.4 Å². The van der Waals surface area contributed by atoms with Crippen LogP contribution in [0.25, 0.3) is 10.6 Å². The minimum absolute atomic E-state index is 0.0536. The third kappa shape index (κ3) is 5.22. The maximum Gasteiger partial charge on any atom is 0.220 e. The van der Waals surface area contributed by atoms with Gasteiger partial charge in [-0.1, -0.05) is 30.3 Å². The zero-order valence-corrected chi connectivity index (χ0v) is 14.6. The van der Waals surface area contributed by atoms with Crippen LogP contribution in [0.5, 0.6) is 0 Å². The number of hydrogen-bond donors (Lipinski definition) is 1. The second kappa shape index (κ2) is 8.53. The van der Waals surface area contributed by atoms with E-state index < -0.39 is 0 Å². The average Bonchev–Trinajstić information content (AvgIpc) is 3.10. The Morgan fingerprint density at radius 1 is 1.04 bits per heavy atom. The molecule has 1 aromatic heterocycles. The molecule has 0 aliphatic heterocycles. The van der Waals surface area contributed by atoms with E-state index in [9.17, 15) is 9.18 Å². The number of carbonyl (C=O) groups excluding carboxylic acids is 1. The molecule has 1 amide bonds. The smallest absolute Gasteiger partial charge is 0.220 e. The molecule has 0 fully saturated rings. The Balaban J connectivity index is 1.43. The molecular weight excluding hydrogens is 335 g/mol. The fourth-order valence-corrected chi connectivity index (χ4v) is 3.33. The molecule has 0 spiro atoms. The molecule has 1 N–H and O–H groups in total. The molecule has 0 unspecified atom stereocenters. The molecule has 0 saturated heterocycles. The van der Waals surface area contributed by atoms with Crippen LogP contribution < -0.4 is 5.32 Å². The zero-order chi connectivity index (χ0) is 17.5. The predicted molar refractivity (Wildman–Crippen MR) is 99.0 cm³/mol. The van der Waals surface area contributed by atoms with E-state index in [-0.39, 0.29) is 11.7 Å². The summed E-state index contributed by atoms with van der Waals surface area (Å²) in [5.74, 6) is -0.198. The second-order valence-electron chi connectivity index (χ2n) is 5.74. The van der Waals surface area contributed by atoms with Gasteiger partial charge in [-0.05, 0) is 36.2 Å². The number of aryl methyl sites for hydroxylation is 1. The first-order valence-corrected chi connectivity index (χ1v) is 9.09. The van der Waals surface area contributed by atoms with E-state index in [1.807, 2.05) is 35.7 Å². The first-order valence-electron chi connectivity index (χ1n) is 8.22. The summed E-state index contributed by atoms with van der Waals surface area (Å²) in [7, 11) is 0. The van der Waals surface area contributed by atoms with Crippen molar-refractivity contribution in [1.82, 2.24) is 10.3 Å². The Kier molecular flexibility index (Phi) is 5.90. The lowest BCUT2D eigenvalue weighted by Gasteiger charge is -2.04. The number of rotatable bonds is 7. The molecule has 0 bridgehead atoms. The maximum absolute atomic E-state index is 13.0. The molecule has 1 heterocycles. The van der Waals surface area contributed by atoms with Crippen molar-refractivity contribution in [3.05, 3.63) is 77.1 Å². The van der Waals surface area contributed by atoms with Crippen LogP contribution in [0.2, 0.25) is 0 Å². The minimum Gasteiger partial charge on any atom is -0.356 e. The highest BCUT2D eigenvalue weighted by molar-refractivity contribution is 7.13. The number of nitrogens with one attached hydrogen (secondary N) is 1. The van der Waals surface area contributed by atoms with E-state index in [1.165, 1.54) is 29.0 Å². The van der Waals surface area contributed by atoms with Gasteiger partial charge in [-0.15, -0.1) is 11.3 Å². The van der Waals surface area contributed by atoms with Crippen molar-refractivity contribution in [3.63, 3.8) is 0 Å².